The second-order valence-corrected chi connectivity index (χ2v) is 6.95. The summed E-state index contributed by atoms with van der Waals surface area (Å²) in [6.07, 6.45) is 0. The zero-order valence-corrected chi connectivity index (χ0v) is 15.5. The number of thiophene rings is 1. The Hall–Kier alpha value is -2.63. The zero-order valence-electron chi connectivity index (χ0n) is 14.7. The van der Waals surface area contributed by atoms with E-state index in [9.17, 15) is 4.79 Å². The number of benzene rings is 2. The van der Waals surface area contributed by atoms with Gasteiger partial charge in [-0.25, -0.2) is 0 Å². The maximum absolute atomic E-state index is 12.3. The van der Waals surface area contributed by atoms with E-state index in [1.807, 2.05) is 48.5 Å². The van der Waals surface area contributed by atoms with Gasteiger partial charge in [0.15, 0.2) is 6.54 Å². The number of hydrogen-bond acceptors (Lipinski definition) is 3. The first-order valence-electron chi connectivity index (χ1n) is 8.57. The van der Waals surface area contributed by atoms with Crippen LogP contribution in [0, 0.1) is 0 Å². The summed E-state index contributed by atoms with van der Waals surface area (Å²) in [5, 5.41) is 7.14. The smallest absolute Gasteiger partial charge is 0.275 e. The fourth-order valence-electron chi connectivity index (χ4n) is 2.79. The van der Waals surface area contributed by atoms with Gasteiger partial charge in [-0.2, -0.15) is 0 Å². The topological polar surface area (TPSA) is 54.9 Å². The molecule has 0 bridgehead atoms. The Kier molecular flexibility index (Phi) is 6.41. The molecule has 0 saturated carbocycles. The Morgan fingerprint density at radius 1 is 1.08 bits per heavy atom. The van der Waals surface area contributed by atoms with E-state index in [0.29, 0.717) is 13.1 Å². The van der Waals surface area contributed by atoms with Crippen molar-refractivity contribution in [2.24, 2.45) is 0 Å². The third-order valence-corrected chi connectivity index (χ3v) is 5.15. The summed E-state index contributed by atoms with van der Waals surface area (Å²) < 4.78 is 5.15. The molecule has 1 amide bonds. The van der Waals surface area contributed by atoms with E-state index in [0.717, 1.165) is 11.3 Å². The fourth-order valence-corrected chi connectivity index (χ4v) is 3.64. The number of rotatable bonds is 8. The van der Waals surface area contributed by atoms with E-state index < -0.39 is 0 Å². The summed E-state index contributed by atoms with van der Waals surface area (Å²) in [5.41, 5.74) is 2.26. The van der Waals surface area contributed by atoms with Crippen LogP contribution in [0.25, 0.3) is 0 Å². The monoisotopic (exact) mass is 367 g/mol. The third kappa shape index (κ3) is 4.94. The van der Waals surface area contributed by atoms with Crippen molar-refractivity contribution in [3.05, 3.63) is 88.1 Å². The Morgan fingerprint density at radius 2 is 1.85 bits per heavy atom. The number of carbonyl (C=O) groups excluding carboxylic acids is 1. The van der Waals surface area contributed by atoms with Crippen LogP contribution >= 0.6 is 11.3 Å². The van der Waals surface area contributed by atoms with E-state index in [1.165, 1.54) is 10.4 Å². The van der Waals surface area contributed by atoms with E-state index in [4.69, 9.17) is 4.74 Å². The lowest BCUT2D eigenvalue weighted by Gasteiger charge is -2.14. The highest BCUT2D eigenvalue weighted by molar-refractivity contribution is 7.10. The second kappa shape index (κ2) is 9.17. The number of carbonyl (C=O) groups is 1. The molecule has 3 aromatic rings. The van der Waals surface area contributed by atoms with E-state index >= 15 is 0 Å². The minimum Gasteiger partial charge on any atom is -0.497 e. The molecule has 26 heavy (non-hydrogen) atoms. The third-order valence-electron chi connectivity index (χ3n) is 4.20. The van der Waals surface area contributed by atoms with Crippen LogP contribution < -0.4 is 15.4 Å². The van der Waals surface area contributed by atoms with Crippen LogP contribution in [0.1, 0.15) is 22.0 Å². The predicted octanol–water partition coefficient (Wildman–Crippen LogP) is 2.73. The lowest BCUT2D eigenvalue weighted by atomic mass is 10.1. The van der Waals surface area contributed by atoms with Crippen LogP contribution in [-0.4, -0.2) is 19.6 Å². The number of nitrogens with one attached hydrogen (secondary N) is 1. The van der Waals surface area contributed by atoms with E-state index in [2.05, 4.69) is 34.2 Å². The van der Waals surface area contributed by atoms with Crippen LogP contribution in [0.15, 0.2) is 72.1 Å². The van der Waals surface area contributed by atoms with Gasteiger partial charge in [-0.1, -0.05) is 48.5 Å². The van der Waals surface area contributed by atoms with Crippen molar-refractivity contribution in [2.75, 3.05) is 13.7 Å². The van der Waals surface area contributed by atoms with Crippen LogP contribution in [0.5, 0.6) is 5.75 Å². The molecule has 0 saturated heterocycles. The molecule has 3 rings (SSSR count). The van der Waals surface area contributed by atoms with Gasteiger partial charge >= 0.3 is 0 Å². The van der Waals surface area contributed by atoms with Crippen molar-refractivity contribution in [1.29, 1.82) is 0 Å². The van der Waals surface area contributed by atoms with Gasteiger partial charge < -0.3 is 15.4 Å². The van der Waals surface area contributed by atoms with Crippen molar-refractivity contribution < 1.29 is 14.8 Å². The molecule has 0 unspecified atom stereocenters. The molecule has 0 spiro atoms. The van der Waals surface area contributed by atoms with Gasteiger partial charge in [0.2, 0.25) is 0 Å². The van der Waals surface area contributed by atoms with Gasteiger partial charge in [0, 0.05) is 12.1 Å². The highest BCUT2D eigenvalue weighted by Gasteiger charge is 2.19. The molecular weight excluding hydrogens is 344 g/mol. The summed E-state index contributed by atoms with van der Waals surface area (Å²) in [6, 6.07) is 22.3. The standard InChI is InChI=1S/C21H22N2O2S/c1-25-18-11-9-16(10-12-18)14-22-20(24)15-23-21(19-8-5-13-26-19)17-6-3-2-4-7-17/h2-13,21,23H,14-15H2,1H3,(H,22,24)/p+1/t21-/m0/s1. The highest BCUT2D eigenvalue weighted by Crippen LogP contribution is 2.22. The van der Waals surface area contributed by atoms with Gasteiger partial charge in [0.1, 0.15) is 11.8 Å². The number of methoxy groups -OCH3 is 1. The molecule has 0 aliphatic heterocycles. The first kappa shape index (κ1) is 18.2. The molecule has 1 aromatic heterocycles. The van der Waals surface area contributed by atoms with Crippen LogP contribution in [0.3, 0.4) is 0 Å². The maximum Gasteiger partial charge on any atom is 0.275 e. The summed E-state index contributed by atoms with van der Waals surface area (Å²) in [4.78, 5) is 13.5. The largest absolute Gasteiger partial charge is 0.497 e. The minimum atomic E-state index is 0.0262. The number of amides is 1. The summed E-state index contributed by atoms with van der Waals surface area (Å²) in [5.74, 6) is 0.841. The lowest BCUT2D eigenvalue weighted by molar-refractivity contribution is -0.676. The quantitative estimate of drug-likeness (QED) is 0.643. The normalized spacial score (nSPS) is 11.7. The van der Waals surface area contributed by atoms with Crippen molar-refractivity contribution in [3.8, 4) is 5.75 Å². The first-order chi connectivity index (χ1) is 12.8. The molecular formula is C21H23N2O2S+. The summed E-state index contributed by atoms with van der Waals surface area (Å²) >= 11 is 1.72. The Morgan fingerprint density at radius 3 is 2.50 bits per heavy atom. The molecule has 134 valence electrons. The fraction of sp³-hybridized carbons (Fsp3) is 0.190. The van der Waals surface area contributed by atoms with Crippen molar-refractivity contribution >= 4 is 17.2 Å². The Labute approximate surface area is 157 Å². The van der Waals surface area contributed by atoms with Crippen molar-refractivity contribution in [2.45, 2.75) is 12.6 Å². The summed E-state index contributed by atoms with van der Waals surface area (Å²) in [7, 11) is 1.64. The number of hydrogen-bond donors (Lipinski definition) is 2. The van der Waals surface area contributed by atoms with E-state index in [-0.39, 0.29) is 11.9 Å². The van der Waals surface area contributed by atoms with Gasteiger partial charge in [0.25, 0.3) is 5.91 Å². The molecule has 4 nitrogen and oxygen atoms in total. The maximum atomic E-state index is 12.3. The Balaban J connectivity index is 1.55. The SMILES string of the molecule is COc1ccc(CNC(=O)C[NH2+][C@@H](c2ccccc2)c2cccs2)cc1. The average Bonchev–Trinajstić information content (AvgIpc) is 3.22. The molecule has 0 radical (unpaired) electrons. The van der Waals surface area contributed by atoms with Crippen LogP contribution in [0.4, 0.5) is 0 Å². The second-order valence-electron chi connectivity index (χ2n) is 5.97. The number of quaternary nitrogens is 1. The predicted molar refractivity (Wildman–Crippen MR) is 104 cm³/mol. The molecule has 2 aromatic carbocycles. The molecule has 5 heteroatoms. The Bertz CT molecular complexity index is 802. The van der Waals surface area contributed by atoms with Gasteiger partial charge in [-0.15, -0.1) is 11.3 Å². The lowest BCUT2D eigenvalue weighted by Crippen LogP contribution is -2.87. The minimum absolute atomic E-state index is 0.0262. The zero-order chi connectivity index (χ0) is 18.2. The van der Waals surface area contributed by atoms with Crippen LogP contribution in [-0.2, 0) is 11.3 Å². The molecule has 1 heterocycles. The molecule has 0 aliphatic carbocycles. The molecule has 0 aliphatic rings. The molecule has 3 N–H and O–H groups in total. The molecule has 1 atom stereocenters. The molecule has 0 fully saturated rings. The average molecular weight is 367 g/mol. The van der Waals surface area contributed by atoms with Crippen molar-refractivity contribution in [3.63, 3.8) is 0 Å². The van der Waals surface area contributed by atoms with Gasteiger partial charge in [-0.05, 0) is 29.1 Å². The van der Waals surface area contributed by atoms with Gasteiger partial charge in [-0.3, -0.25) is 4.79 Å². The first-order valence-corrected chi connectivity index (χ1v) is 9.45. The van der Waals surface area contributed by atoms with Gasteiger partial charge in [0.05, 0.1) is 12.0 Å². The van der Waals surface area contributed by atoms with Crippen LogP contribution in [0.2, 0.25) is 0 Å². The summed E-state index contributed by atoms with van der Waals surface area (Å²) in [6.45, 7) is 0.902. The van der Waals surface area contributed by atoms with E-state index in [1.54, 1.807) is 18.4 Å². The highest BCUT2D eigenvalue weighted by atomic mass is 32.1. The number of ether oxygens (including phenoxy) is 1. The number of nitrogens with two attached hydrogens (primary N) is 1. The van der Waals surface area contributed by atoms with Crippen molar-refractivity contribution in [1.82, 2.24) is 5.32 Å².